The van der Waals surface area contributed by atoms with E-state index in [1.54, 1.807) is 5.48 Å². The van der Waals surface area contributed by atoms with Crippen LogP contribution in [-0.2, 0) is 16.0 Å². The number of amides is 1. The second-order valence-corrected chi connectivity index (χ2v) is 6.75. The van der Waals surface area contributed by atoms with Crippen molar-refractivity contribution in [3.05, 3.63) is 52.1 Å². The van der Waals surface area contributed by atoms with Crippen molar-refractivity contribution in [1.29, 1.82) is 0 Å². The Bertz CT molecular complexity index is 1000. The SMILES string of the molecule is C[C@@](O)(COc1c(F)c(F)c(Cl)c(F)c1F)C(=O)Nc1ccc(NOO)c(C(F)(F)F)c1. The minimum atomic E-state index is -4.95. The molecule has 0 aromatic heterocycles. The van der Waals surface area contributed by atoms with Crippen LogP contribution in [0.1, 0.15) is 12.5 Å². The summed E-state index contributed by atoms with van der Waals surface area (Å²) in [5, 5.41) is 18.9. The summed E-state index contributed by atoms with van der Waals surface area (Å²) in [6.07, 6.45) is -4.95. The third-order valence-corrected chi connectivity index (χ3v) is 4.23. The van der Waals surface area contributed by atoms with Crippen molar-refractivity contribution >= 4 is 28.9 Å². The van der Waals surface area contributed by atoms with E-state index in [2.05, 4.69) is 9.73 Å². The maximum Gasteiger partial charge on any atom is 0.418 e. The van der Waals surface area contributed by atoms with E-state index in [4.69, 9.17) is 16.9 Å². The molecule has 15 heteroatoms. The molecule has 0 bridgehead atoms. The van der Waals surface area contributed by atoms with Gasteiger partial charge in [-0.3, -0.25) is 4.79 Å². The Kier molecular flexibility index (Phi) is 7.44. The molecule has 0 aliphatic carbocycles. The first-order valence-corrected chi connectivity index (χ1v) is 8.54. The van der Waals surface area contributed by atoms with Gasteiger partial charge in [0.25, 0.3) is 5.91 Å². The van der Waals surface area contributed by atoms with Gasteiger partial charge in [0.2, 0.25) is 11.6 Å². The van der Waals surface area contributed by atoms with E-state index >= 15 is 0 Å². The van der Waals surface area contributed by atoms with Crippen molar-refractivity contribution in [2.45, 2.75) is 18.7 Å². The van der Waals surface area contributed by atoms with Gasteiger partial charge < -0.3 is 15.2 Å². The second kappa shape index (κ2) is 9.36. The third-order valence-electron chi connectivity index (χ3n) is 3.89. The number of ether oxygens (including phenoxy) is 1. The first kappa shape index (κ1) is 25.5. The molecule has 0 fully saturated rings. The van der Waals surface area contributed by atoms with E-state index in [1.165, 1.54) is 0 Å². The topological polar surface area (TPSA) is 100 Å². The van der Waals surface area contributed by atoms with Gasteiger partial charge in [-0.15, -0.1) is 4.99 Å². The number of hydrogen-bond donors (Lipinski definition) is 4. The molecule has 0 spiro atoms. The molecule has 32 heavy (non-hydrogen) atoms. The molecule has 0 aliphatic rings. The highest BCUT2D eigenvalue weighted by atomic mass is 35.5. The van der Waals surface area contributed by atoms with E-state index < -0.39 is 75.3 Å². The highest BCUT2D eigenvalue weighted by Crippen LogP contribution is 2.37. The summed E-state index contributed by atoms with van der Waals surface area (Å²) in [4.78, 5) is 15.7. The number of benzene rings is 2. The number of hydrogen-bond acceptors (Lipinski definition) is 6. The minimum Gasteiger partial charge on any atom is -0.484 e. The molecule has 0 radical (unpaired) electrons. The van der Waals surface area contributed by atoms with Gasteiger partial charge in [-0.25, -0.2) is 19.5 Å². The summed E-state index contributed by atoms with van der Waals surface area (Å²) < 4.78 is 98.3. The second-order valence-electron chi connectivity index (χ2n) is 6.37. The lowest BCUT2D eigenvalue weighted by molar-refractivity contribution is -0.216. The maximum absolute atomic E-state index is 13.8. The van der Waals surface area contributed by atoms with Crippen LogP contribution in [0.3, 0.4) is 0 Å². The molecule has 7 nitrogen and oxygen atoms in total. The molecule has 0 unspecified atom stereocenters. The molecule has 2 aromatic carbocycles. The van der Waals surface area contributed by atoms with E-state index in [9.17, 15) is 40.6 Å². The van der Waals surface area contributed by atoms with Crippen molar-refractivity contribution < 1.29 is 55.6 Å². The van der Waals surface area contributed by atoms with Gasteiger partial charge in [0.05, 0.1) is 11.3 Å². The first-order valence-electron chi connectivity index (χ1n) is 8.16. The Labute approximate surface area is 179 Å². The normalized spacial score (nSPS) is 13.5. The van der Waals surface area contributed by atoms with Crippen molar-refractivity contribution in [2.24, 2.45) is 0 Å². The molecular formula is C17H12ClF7N2O5. The highest BCUT2D eigenvalue weighted by Gasteiger charge is 2.36. The Hall–Kier alpha value is -2.81. The Balaban J connectivity index is 2.22. The van der Waals surface area contributed by atoms with Crippen molar-refractivity contribution in [3.63, 3.8) is 0 Å². The largest absolute Gasteiger partial charge is 0.484 e. The van der Waals surface area contributed by atoms with E-state index in [0.29, 0.717) is 6.07 Å². The third kappa shape index (κ3) is 5.32. The smallest absolute Gasteiger partial charge is 0.418 e. The molecule has 1 amide bonds. The van der Waals surface area contributed by atoms with Crippen LogP contribution in [-0.4, -0.2) is 28.5 Å². The number of rotatable bonds is 7. The fourth-order valence-corrected chi connectivity index (χ4v) is 2.42. The Morgan fingerprint density at radius 3 is 2.16 bits per heavy atom. The summed E-state index contributed by atoms with van der Waals surface area (Å²) in [7, 11) is 0. The van der Waals surface area contributed by atoms with Crippen LogP contribution < -0.4 is 15.5 Å². The predicted octanol–water partition coefficient (Wildman–Crippen LogP) is 4.50. The van der Waals surface area contributed by atoms with Crippen LogP contribution in [0.2, 0.25) is 5.02 Å². The van der Waals surface area contributed by atoms with Gasteiger partial charge >= 0.3 is 6.18 Å². The fraction of sp³-hybridized carbons (Fsp3) is 0.235. The number of halogens is 8. The number of alkyl halides is 3. The number of anilines is 2. The zero-order chi connectivity index (χ0) is 24.4. The molecule has 4 N–H and O–H groups in total. The van der Waals surface area contributed by atoms with Crippen LogP contribution in [0.5, 0.6) is 5.75 Å². The van der Waals surface area contributed by atoms with Crippen LogP contribution in [0.4, 0.5) is 42.1 Å². The van der Waals surface area contributed by atoms with Gasteiger partial charge in [-0.1, -0.05) is 11.6 Å². The molecule has 176 valence electrons. The predicted molar refractivity (Wildman–Crippen MR) is 94.8 cm³/mol. The molecule has 0 aliphatic heterocycles. The summed E-state index contributed by atoms with van der Waals surface area (Å²) in [6.45, 7) is -0.516. The zero-order valence-corrected chi connectivity index (χ0v) is 16.3. The molecule has 0 heterocycles. The first-order chi connectivity index (χ1) is 14.7. The highest BCUT2D eigenvalue weighted by molar-refractivity contribution is 6.30. The molecule has 0 saturated heterocycles. The average molecular weight is 493 g/mol. The van der Waals surface area contributed by atoms with Crippen LogP contribution in [0, 0.1) is 23.3 Å². The number of carbonyl (C=O) groups excluding carboxylic acids is 1. The molecular weight excluding hydrogens is 481 g/mol. The lowest BCUT2D eigenvalue weighted by atomic mass is 10.1. The van der Waals surface area contributed by atoms with Crippen LogP contribution >= 0.6 is 11.6 Å². The number of aliphatic hydroxyl groups is 1. The maximum atomic E-state index is 13.8. The average Bonchev–Trinajstić information content (AvgIpc) is 2.71. The number of nitrogens with one attached hydrogen (secondary N) is 2. The summed E-state index contributed by atoms with van der Waals surface area (Å²) >= 11 is 5.06. The van der Waals surface area contributed by atoms with Crippen LogP contribution in [0.25, 0.3) is 0 Å². The molecule has 2 rings (SSSR count). The van der Waals surface area contributed by atoms with Crippen molar-refractivity contribution in [1.82, 2.24) is 0 Å². The van der Waals surface area contributed by atoms with E-state index in [-0.39, 0.29) is 0 Å². The van der Waals surface area contributed by atoms with Gasteiger partial charge in [-0.05, 0) is 25.1 Å². The minimum absolute atomic E-state index is 0.416. The van der Waals surface area contributed by atoms with Gasteiger partial charge in [0, 0.05) is 5.69 Å². The zero-order valence-electron chi connectivity index (χ0n) is 15.6. The summed E-state index contributed by atoms with van der Waals surface area (Å²) in [5.41, 5.74) is -3.67. The summed E-state index contributed by atoms with van der Waals surface area (Å²) in [5.74, 6) is -11.0. The van der Waals surface area contributed by atoms with E-state index in [0.717, 1.165) is 19.1 Å². The Morgan fingerprint density at radius 1 is 1.09 bits per heavy atom. The lowest BCUT2D eigenvalue weighted by Crippen LogP contribution is -2.45. The standard InChI is InChI=1S/C17H12ClF7N2O5/c1-16(29,5-31-14-12(21)10(19)9(18)11(20)13(14)22)15(28)26-6-2-3-8(27-32-30)7(4-6)17(23,24)25/h2-4,27,29-30H,5H2,1H3,(H,26,28)/t16-/m1/s1. The fourth-order valence-electron chi connectivity index (χ4n) is 2.25. The van der Waals surface area contributed by atoms with Gasteiger partial charge in [0.15, 0.2) is 23.0 Å². The van der Waals surface area contributed by atoms with Crippen LogP contribution in [0.15, 0.2) is 18.2 Å². The van der Waals surface area contributed by atoms with E-state index in [1.807, 2.05) is 5.32 Å². The Morgan fingerprint density at radius 2 is 1.66 bits per heavy atom. The monoisotopic (exact) mass is 492 g/mol. The summed E-state index contributed by atoms with van der Waals surface area (Å²) in [6, 6.07) is 2.11. The van der Waals surface area contributed by atoms with Gasteiger partial charge in [0.1, 0.15) is 11.6 Å². The van der Waals surface area contributed by atoms with Crippen molar-refractivity contribution in [2.75, 3.05) is 17.4 Å². The van der Waals surface area contributed by atoms with Crippen molar-refractivity contribution in [3.8, 4) is 5.75 Å². The molecule has 2 aromatic rings. The molecule has 0 saturated carbocycles. The number of carbonyl (C=O) groups is 1. The lowest BCUT2D eigenvalue weighted by Gasteiger charge is -2.23. The quantitative estimate of drug-likeness (QED) is 0.149. The molecule has 1 atom stereocenters. The van der Waals surface area contributed by atoms with Gasteiger partial charge in [-0.2, -0.15) is 22.0 Å².